The summed E-state index contributed by atoms with van der Waals surface area (Å²) in [5.74, 6) is 0.381. The van der Waals surface area contributed by atoms with Gasteiger partial charge in [0.25, 0.3) is 0 Å². The maximum absolute atomic E-state index is 13.4. The number of rotatable bonds is 10. The van der Waals surface area contributed by atoms with Crippen LogP contribution < -0.4 is 10.2 Å². The van der Waals surface area contributed by atoms with E-state index in [1.807, 2.05) is 24.3 Å². The van der Waals surface area contributed by atoms with Crippen LogP contribution in [0.1, 0.15) is 57.6 Å². The highest BCUT2D eigenvalue weighted by Gasteiger charge is 2.45. The molecule has 2 fully saturated rings. The SMILES string of the molecule is CC(C)(C)OC(=O)N[C@@H](Cc1ccc(O)cc1COn1nnc2ccccc21)C(=O)OC(C1CC1)C1CC1. The van der Waals surface area contributed by atoms with Crippen LogP contribution in [0, 0.1) is 11.8 Å². The average molecular weight is 523 g/mol. The van der Waals surface area contributed by atoms with Crippen molar-refractivity contribution in [3.05, 3.63) is 53.6 Å². The molecular weight excluding hydrogens is 488 g/mol. The van der Waals surface area contributed by atoms with Crippen LogP contribution in [0.15, 0.2) is 42.5 Å². The molecule has 0 aliphatic heterocycles. The van der Waals surface area contributed by atoms with E-state index in [0.717, 1.165) is 25.7 Å². The fraction of sp³-hybridized carbons (Fsp3) is 0.500. The number of carbonyl (C=O) groups excluding carboxylic acids is 2. The van der Waals surface area contributed by atoms with Crippen LogP contribution in [0.4, 0.5) is 4.79 Å². The third kappa shape index (κ3) is 6.54. The van der Waals surface area contributed by atoms with Crippen molar-refractivity contribution in [2.45, 2.75) is 77.2 Å². The van der Waals surface area contributed by atoms with E-state index in [0.29, 0.717) is 34.0 Å². The Bertz CT molecular complexity index is 1300. The third-order valence-electron chi connectivity index (χ3n) is 6.68. The molecule has 2 N–H and O–H groups in total. The minimum Gasteiger partial charge on any atom is -0.508 e. The predicted octanol–water partition coefficient (Wildman–Crippen LogP) is 3.93. The molecule has 1 heterocycles. The summed E-state index contributed by atoms with van der Waals surface area (Å²) in [4.78, 5) is 33.3. The Morgan fingerprint density at radius 1 is 1.08 bits per heavy atom. The van der Waals surface area contributed by atoms with Crippen molar-refractivity contribution in [1.29, 1.82) is 0 Å². The summed E-state index contributed by atoms with van der Waals surface area (Å²) in [6, 6.07) is 11.2. The number of aromatic nitrogens is 3. The van der Waals surface area contributed by atoms with Gasteiger partial charge in [0.05, 0.1) is 0 Å². The van der Waals surface area contributed by atoms with Gasteiger partial charge in [-0.25, -0.2) is 9.59 Å². The van der Waals surface area contributed by atoms with Crippen molar-refractivity contribution in [1.82, 2.24) is 20.5 Å². The Labute approximate surface area is 221 Å². The molecule has 2 saturated carbocycles. The molecule has 202 valence electrons. The molecule has 2 aliphatic rings. The zero-order chi connectivity index (χ0) is 26.9. The Hall–Kier alpha value is -3.82. The fourth-order valence-corrected chi connectivity index (χ4v) is 4.53. The number of nitrogens with zero attached hydrogens (tertiary/aromatic N) is 3. The number of ether oxygens (including phenoxy) is 2. The van der Waals surface area contributed by atoms with E-state index in [2.05, 4.69) is 15.6 Å². The number of phenols is 1. The standard InChI is InChI=1S/C28H34N4O6/c1-28(2,3)38-27(35)29-23(26(34)37-25(17-8-9-17)18-10-11-18)15-19-12-13-21(33)14-20(19)16-36-32-24-7-5-4-6-22(24)30-31-32/h4-7,12-14,17-18,23,25,33H,8-11,15-16H2,1-3H3,(H,29,35)/t23-/m0/s1. The molecule has 10 nitrogen and oxygen atoms in total. The molecule has 1 aromatic heterocycles. The predicted molar refractivity (Wildman–Crippen MR) is 138 cm³/mol. The molecule has 0 unspecified atom stereocenters. The first kappa shape index (κ1) is 25.8. The van der Waals surface area contributed by atoms with E-state index in [1.54, 1.807) is 32.9 Å². The molecule has 0 radical (unpaired) electrons. The average Bonchev–Trinajstić information content (AvgIpc) is 3.79. The van der Waals surface area contributed by atoms with Gasteiger partial charge in [-0.15, -0.1) is 5.10 Å². The maximum atomic E-state index is 13.4. The first-order valence-electron chi connectivity index (χ1n) is 13.1. The number of fused-ring (bicyclic) bond motifs is 1. The Morgan fingerprint density at radius 2 is 1.79 bits per heavy atom. The lowest BCUT2D eigenvalue weighted by atomic mass is 10.00. The number of carbonyl (C=O) groups is 2. The van der Waals surface area contributed by atoms with Crippen LogP contribution in [-0.4, -0.2) is 50.1 Å². The highest BCUT2D eigenvalue weighted by Crippen LogP contribution is 2.46. The Balaban J connectivity index is 1.34. The van der Waals surface area contributed by atoms with E-state index >= 15 is 0 Å². The third-order valence-corrected chi connectivity index (χ3v) is 6.68. The number of hydrogen-bond donors (Lipinski definition) is 2. The van der Waals surface area contributed by atoms with Crippen molar-refractivity contribution in [3.8, 4) is 5.75 Å². The number of amides is 1. The first-order valence-corrected chi connectivity index (χ1v) is 13.1. The number of para-hydroxylation sites is 1. The second kappa shape index (κ2) is 10.5. The topological polar surface area (TPSA) is 125 Å². The lowest BCUT2D eigenvalue weighted by Gasteiger charge is -2.25. The molecule has 5 rings (SSSR count). The number of hydrogen-bond acceptors (Lipinski definition) is 8. The van der Waals surface area contributed by atoms with Crippen LogP contribution in [0.2, 0.25) is 0 Å². The lowest BCUT2D eigenvalue weighted by molar-refractivity contribution is -0.154. The molecule has 0 saturated heterocycles. The van der Waals surface area contributed by atoms with E-state index in [1.165, 1.54) is 10.9 Å². The number of aromatic hydroxyl groups is 1. The Kier molecular flexibility index (Phi) is 7.14. The summed E-state index contributed by atoms with van der Waals surface area (Å²) in [5, 5.41) is 21.0. The second-order valence-electron chi connectivity index (χ2n) is 11.2. The second-order valence-corrected chi connectivity index (χ2v) is 11.2. The zero-order valence-electron chi connectivity index (χ0n) is 21.9. The van der Waals surface area contributed by atoms with Crippen LogP contribution in [0.5, 0.6) is 5.75 Å². The van der Waals surface area contributed by atoms with Crippen LogP contribution in [0.25, 0.3) is 11.0 Å². The van der Waals surface area contributed by atoms with Gasteiger partial charge in [-0.05, 0) is 98.9 Å². The fourth-order valence-electron chi connectivity index (χ4n) is 4.53. The number of esters is 1. The van der Waals surface area contributed by atoms with E-state index in [9.17, 15) is 14.7 Å². The van der Waals surface area contributed by atoms with Crippen molar-refractivity contribution in [3.63, 3.8) is 0 Å². The molecule has 0 spiro atoms. The highest BCUT2D eigenvalue weighted by molar-refractivity contribution is 5.82. The van der Waals surface area contributed by atoms with E-state index in [-0.39, 0.29) is 24.9 Å². The summed E-state index contributed by atoms with van der Waals surface area (Å²) in [7, 11) is 0. The number of alkyl carbamates (subject to hydrolysis) is 1. The van der Waals surface area contributed by atoms with Crippen molar-refractivity contribution < 1.29 is 29.0 Å². The molecule has 3 aromatic rings. The molecule has 38 heavy (non-hydrogen) atoms. The van der Waals surface area contributed by atoms with Crippen LogP contribution in [0.3, 0.4) is 0 Å². The first-order chi connectivity index (χ1) is 18.2. The van der Waals surface area contributed by atoms with Crippen molar-refractivity contribution in [2.75, 3.05) is 0 Å². The minimum atomic E-state index is -0.972. The minimum absolute atomic E-state index is 0.0533. The van der Waals surface area contributed by atoms with Gasteiger partial charge >= 0.3 is 12.1 Å². The van der Waals surface area contributed by atoms with E-state index < -0.39 is 23.7 Å². The van der Waals surface area contributed by atoms with Crippen LogP contribution >= 0.6 is 0 Å². The number of phenolic OH excluding ortho intramolecular Hbond substituents is 1. The largest absolute Gasteiger partial charge is 0.508 e. The summed E-state index contributed by atoms with van der Waals surface area (Å²) in [5.41, 5.74) is 2.01. The van der Waals surface area contributed by atoms with Gasteiger partial charge in [-0.3, -0.25) is 0 Å². The van der Waals surface area contributed by atoms with Gasteiger partial charge in [-0.1, -0.05) is 23.0 Å². The van der Waals surface area contributed by atoms with Gasteiger partial charge in [-0.2, -0.15) is 0 Å². The number of benzene rings is 2. The summed E-state index contributed by atoms with van der Waals surface area (Å²) >= 11 is 0. The molecule has 2 aliphatic carbocycles. The zero-order valence-corrected chi connectivity index (χ0v) is 21.9. The maximum Gasteiger partial charge on any atom is 0.408 e. The molecule has 2 aromatic carbocycles. The monoisotopic (exact) mass is 522 g/mol. The van der Waals surface area contributed by atoms with Crippen molar-refractivity contribution in [2.24, 2.45) is 11.8 Å². The molecule has 1 amide bonds. The number of nitrogens with one attached hydrogen (secondary N) is 1. The highest BCUT2D eigenvalue weighted by atomic mass is 16.7. The Morgan fingerprint density at radius 3 is 2.47 bits per heavy atom. The summed E-state index contributed by atoms with van der Waals surface area (Å²) in [6.07, 6.45) is 3.60. The van der Waals surface area contributed by atoms with Crippen LogP contribution in [-0.2, 0) is 27.3 Å². The molecular formula is C28H34N4O6. The van der Waals surface area contributed by atoms with Gasteiger partial charge in [0.1, 0.15) is 41.1 Å². The van der Waals surface area contributed by atoms with E-state index in [4.69, 9.17) is 14.3 Å². The lowest BCUT2D eigenvalue weighted by Crippen LogP contribution is -2.46. The smallest absolute Gasteiger partial charge is 0.408 e. The normalized spacial score (nSPS) is 16.3. The summed E-state index contributed by atoms with van der Waals surface area (Å²) < 4.78 is 11.4. The molecule has 1 atom stereocenters. The van der Waals surface area contributed by atoms with Gasteiger partial charge in [0.2, 0.25) is 0 Å². The van der Waals surface area contributed by atoms with Gasteiger partial charge < -0.3 is 24.7 Å². The molecule has 0 bridgehead atoms. The van der Waals surface area contributed by atoms with Crippen molar-refractivity contribution >= 4 is 23.1 Å². The molecule has 10 heteroatoms. The quantitative estimate of drug-likeness (QED) is 0.384. The van der Waals surface area contributed by atoms with Gasteiger partial charge in [0.15, 0.2) is 0 Å². The summed E-state index contributed by atoms with van der Waals surface area (Å²) in [6.45, 7) is 5.34. The van der Waals surface area contributed by atoms with Gasteiger partial charge in [0, 0.05) is 6.42 Å².